The number of H-pyrrole nitrogens is 1. The van der Waals surface area contributed by atoms with Crippen LogP contribution in [0.4, 0.5) is 4.39 Å². The van der Waals surface area contributed by atoms with Crippen LogP contribution >= 0.6 is 0 Å². The van der Waals surface area contributed by atoms with Gasteiger partial charge in [0.1, 0.15) is 17.2 Å². The van der Waals surface area contributed by atoms with Crippen molar-refractivity contribution in [1.29, 1.82) is 0 Å². The maximum atomic E-state index is 14.4. The number of nitrogens with zero attached hydrogens (tertiary/aromatic N) is 3. The van der Waals surface area contributed by atoms with Crippen molar-refractivity contribution in [2.75, 3.05) is 0 Å². The molecule has 1 N–H and O–H groups in total. The molecule has 6 heteroatoms. The van der Waals surface area contributed by atoms with E-state index >= 15 is 0 Å². The van der Waals surface area contributed by atoms with E-state index in [0.717, 1.165) is 32.1 Å². The van der Waals surface area contributed by atoms with Crippen LogP contribution in [0.2, 0.25) is 0 Å². The molecule has 2 aliphatic rings. The Balaban J connectivity index is 1.58. The fourth-order valence-corrected chi connectivity index (χ4v) is 4.20. The van der Waals surface area contributed by atoms with Gasteiger partial charge in [0.15, 0.2) is 0 Å². The van der Waals surface area contributed by atoms with Gasteiger partial charge in [0, 0.05) is 29.8 Å². The van der Waals surface area contributed by atoms with Crippen molar-refractivity contribution >= 4 is 21.8 Å². The molecule has 2 aliphatic heterocycles. The third-order valence-electron chi connectivity index (χ3n) is 5.68. The molecule has 0 fully saturated rings. The number of fused-ring (bicyclic) bond motifs is 4. The first-order valence-electron chi connectivity index (χ1n) is 10.0. The van der Waals surface area contributed by atoms with Gasteiger partial charge in [0.2, 0.25) is 0 Å². The fraction of sp³-hybridized carbons (Fsp3) is 0.0400. The van der Waals surface area contributed by atoms with Gasteiger partial charge in [-0.05, 0) is 47.3 Å². The van der Waals surface area contributed by atoms with E-state index in [1.807, 2.05) is 42.7 Å². The number of halogens is 1. The lowest BCUT2D eigenvalue weighted by molar-refractivity contribution is 0.609. The summed E-state index contributed by atoms with van der Waals surface area (Å²) >= 11 is 0. The zero-order chi connectivity index (χ0) is 20.9. The average Bonchev–Trinajstić information content (AvgIpc) is 3.39. The van der Waals surface area contributed by atoms with Gasteiger partial charge in [0.05, 0.1) is 11.1 Å². The van der Waals surface area contributed by atoms with Crippen LogP contribution in [-0.4, -0.2) is 19.3 Å². The average molecular weight is 408 g/mol. The molecule has 1 aromatic heterocycles. The summed E-state index contributed by atoms with van der Waals surface area (Å²) in [4.78, 5) is 16.4. The van der Waals surface area contributed by atoms with Crippen LogP contribution in [-0.2, 0) is 6.54 Å². The van der Waals surface area contributed by atoms with Gasteiger partial charge in [-0.1, -0.05) is 36.4 Å². The van der Waals surface area contributed by atoms with Gasteiger partial charge in [-0.25, -0.2) is 4.39 Å². The standard InChI is InChI=1S/C25H17FN4O/c26-20-6-2-4-8-23(20)30-25(31)19-15-29(22-7-3-1-5-18(22)24(19)28-30)14-16-9-10-21-17(13-16)11-12-27-21/h1-13,15,27H,14H2. The molecule has 150 valence electrons. The van der Waals surface area contributed by atoms with Crippen molar-refractivity contribution in [2.24, 2.45) is 0 Å². The molecular weight excluding hydrogens is 391 g/mol. The van der Waals surface area contributed by atoms with Crippen molar-refractivity contribution in [3.8, 4) is 16.9 Å². The Kier molecular flexibility index (Phi) is 3.80. The lowest BCUT2D eigenvalue weighted by Gasteiger charge is -2.14. The molecule has 31 heavy (non-hydrogen) atoms. The molecule has 0 atom stereocenters. The fourth-order valence-electron chi connectivity index (χ4n) is 4.20. The van der Waals surface area contributed by atoms with Gasteiger partial charge < -0.3 is 9.55 Å². The Morgan fingerprint density at radius 2 is 1.81 bits per heavy atom. The van der Waals surface area contributed by atoms with Crippen molar-refractivity contribution < 1.29 is 4.39 Å². The quantitative estimate of drug-likeness (QED) is 0.450. The van der Waals surface area contributed by atoms with Crippen LogP contribution in [0.3, 0.4) is 0 Å². The van der Waals surface area contributed by atoms with Crippen LogP contribution in [0.25, 0.3) is 38.8 Å². The van der Waals surface area contributed by atoms with E-state index in [2.05, 4.69) is 32.8 Å². The molecule has 0 saturated carbocycles. The highest BCUT2D eigenvalue weighted by Crippen LogP contribution is 2.29. The maximum absolute atomic E-state index is 14.4. The SMILES string of the molecule is O=c1c2cn(Cc3ccc4[nH]ccc4c3)c3ccccc3c-2nn1-c1ccccc1F. The zero-order valence-electron chi connectivity index (χ0n) is 16.4. The largest absolute Gasteiger partial charge is 0.361 e. The molecule has 0 saturated heterocycles. The zero-order valence-corrected chi connectivity index (χ0v) is 16.4. The van der Waals surface area contributed by atoms with Gasteiger partial charge in [0.25, 0.3) is 5.56 Å². The second-order valence-corrected chi connectivity index (χ2v) is 7.60. The first kappa shape index (κ1) is 17.7. The molecule has 3 heterocycles. The van der Waals surface area contributed by atoms with E-state index in [0.29, 0.717) is 17.8 Å². The predicted molar refractivity (Wildman–Crippen MR) is 119 cm³/mol. The molecule has 0 unspecified atom stereocenters. The highest BCUT2D eigenvalue weighted by molar-refractivity contribution is 5.93. The van der Waals surface area contributed by atoms with Crippen molar-refractivity contribution in [2.45, 2.75) is 6.54 Å². The highest BCUT2D eigenvalue weighted by atomic mass is 19.1. The molecule has 0 amide bonds. The molecule has 3 aromatic carbocycles. The van der Waals surface area contributed by atoms with Crippen LogP contribution < -0.4 is 5.56 Å². The van der Waals surface area contributed by atoms with Crippen molar-refractivity contribution in [3.05, 3.63) is 107 Å². The summed E-state index contributed by atoms with van der Waals surface area (Å²) in [5.74, 6) is -0.482. The minimum atomic E-state index is -0.482. The Morgan fingerprint density at radius 3 is 2.71 bits per heavy atom. The number of rotatable bonds is 3. The third-order valence-corrected chi connectivity index (χ3v) is 5.68. The summed E-state index contributed by atoms with van der Waals surface area (Å²) in [7, 11) is 0. The third kappa shape index (κ3) is 2.76. The van der Waals surface area contributed by atoms with Gasteiger partial charge >= 0.3 is 0 Å². The second kappa shape index (κ2) is 6.67. The van der Waals surface area contributed by atoms with Crippen molar-refractivity contribution in [1.82, 2.24) is 19.3 Å². The monoisotopic (exact) mass is 408 g/mol. The van der Waals surface area contributed by atoms with Crippen molar-refractivity contribution in [3.63, 3.8) is 0 Å². The summed E-state index contributed by atoms with van der Waals surface area (Å²) in [6.07, 6.45) is 3.75. The van der Waals surface area contributed by atoms with E-state index in [9.17, 15) is 9.18 Å². The van der Waals surface area contributed by atoms with Crippen LogP contribution in [0.1, 0.15) is 5.56 Å². The number of nitrogens with one attached hydrogen (secondary N) is 1. The number of pyridine rings is 1. The molecule has 0 spiro atoms. The molecule has 6 rings (SSSR count). The topological polar surface area (TPSA) is 55.6 Å². The number of hydrogen-bond donors (Lipinski definition) is 1. The normalized spacial score (nSPS) is 11.6. The van der Waals surface area contributed by atoms with E-state index in [1.54, 1.807) is 18.2 Å². The lowest BCUT2D eigenvalue weighted by Crippen LogP contribution is -2.16. The first-order valence-corrected chi connectivity index (χ1v) is 10.0. The van der Waals surface area contributed by atoms with Crippen LogP contribution in [0, 0.1) is 5.82 Å². The number of aromatic nitrogens is 4. The van der Waals surface area contributed by atoms with E-state index < -0.39 is 5.82 Å². The maximum Gasteiger partial charge on any atom is 0.282 e. The molecular formula is C25H17FN4O. The Morgan fingerprint density at radius 1 is 0.968 bits per heavy atom. The molecule has 0 radical (unpaired) electrons. The molecule has 0 bridgehead atoms. The number of aromatic amines is 1. The predicted octanol–water partition coefficient (Wildman–Crippen LogP) is 4.96. The number of para-hydroxylation sites is 2. The van der Waals surface area contributed by atoms with Gasteiger partial charge in [-0.2, -0.15) is 9.78 Å². The van der Waals surface area contributed by atoms with Crippen LogP contribution in [0.15, 0.2) is 90.0 Å². The summed E-state index contributed by atoms with van der Waals surface area (Å²) in [5.41, 5.74) is 4.02. The molecule has 0 aliphatic carbocycles. The molecule has 4 aromatic rings. The van der Waals surface area contributed by atoms with Gasteiger partial charge in [-0.15, -0.1) is 0 Å². The summed E-state index contributed by atoms with van der Waals surface area (Å²) < 4.78 is 17.6. The Hall–Kier alpha value is -4.19. The summed E-state index contributed by atoms with van der Waals surface area (Å²) in [6, 6.07) is 22.3. The Labute approximate surface area is 176 Å². The first-order chi connectivity index (χ1) is 15.2. The smallest absolute Gasteiger partial charge is 0.282 e. The minimum Gasteiger partial charge on any atom is -0.361 e. The lowest BCUT2D eigenvalue weighted by atomic mass is 10.1. The summed E-state index contributed by atoms with van der Waals surface area (Å²) in [6.45, 7) is 0.599. The van der Waals surface area contributed by atoms with E-state index in [4.69, 9.17) is 0 Å². The van der Waals surface area contributed by atoms with E-state index in [-0.39, 0.29) is 11.2 Å². The van der Waals surface area contributed by atoms with Crippen LogP contribution in [0.5, 0.6) is 0 Å². The highest BCUT2D eigenvalue weighted by Gasteiger charge is 2.22. The van der Waals surface area contributed by atoms with E-state index in [1.165, 1.54) is 6.07 Å². The number of hydrogen-bond acceptors (Lipinski definition) is 2. The second-order valence-electron chi connectivity index (χ2n) is 7.60. The number of benzene rings is 3. The van der Waals surface area contributed by atoms with Gasteiger partial charge in [-0.3, -0.25) is 4.79 Å². The Bertz CT molecular complexity index is 1610. The summed E-state index contributed by atoms with van der Waals surface area (Å²) in [5, 5.41) is 6.50. The molecule has 5 nitrogen and oxygen atoms in total. The minimum absolute atomic E-state index is 0.150.